The maximum absolute atomic E-state index is 12.6. The average molecular weight is 284 g/mol. The molecule has 108 valence electrons. The van der Waals surface area contributed by atoms with Gasteiger partial charge in [-0.25, -0.2) is 4.79 Å². The Labute approximate surface area is 122 Å². The molecule has 2 heterocycles. The Morgan fingerprint density at radius 1 is 1.24 bits per heavy atom. The van der Waals surface area contributed by atoms with E-state index < -0.39 is 6.17 Å². The lowest BCUT2D eigenvalue weighted by atomic mass is 10.2. The molecule has 3 amide bonds. The second-order valence-electron chi connectivity index (χ2n) is 5.11. The van der Waals surface area contributed by atoms with Crippen molar-refractivity contribution in [3.05, 3.63) is 54.9 Å². The molecule has 1 atom stereocenters. The number of carbonyl (C=O) groups is 2. The molecule has 0 spiro atoms. The van der Waals surface area contributed by atoms with Gasteiger partial charge in [0, 0.05) is 18.1 Å². The Bertz CT molecular complexity index is 626. The second kappa shape index (κ2) is 5.06. The van der Waals surface area contributed by atoms with Crippen molar-refractivity contribution in [1.29, 1.82) is 0 Å². The Hall–Kier alpha value is -2.60. The highest BCUT2D eigenvalue weighted by atomic mass is 16.2. The summed E-state index contributed by atoms with van der Waals surface area (Å²) in [6, 6.07) is 9.06. The third kappa shape index (κ3) is 2.30. The molecule has 1 N–H and O–H groups in total. The fraction of sp³-hybridized carbons (Fsp3) is 0.200. The minimum atomic E-state index is -0.706. The molecule has 3 rings (SSSR count). The van der Waals surface area contributed by atoms with E-state index in [0.29, 0.717) is 6.54 Å². The molecule has 1 saturated heterocycles. The Morgan fingerprint density at radius 3 is 2.62 bits per heavy atom. The first-order chi connectivity index (χ1) is 10.1. The van der Waals surface area contributed by atoms with E-state index in [4.69, 9.17) is 0 Å². The van der Waals surface area contributed by atoms with E-state index >= 15 is 0 Å². The number of urea groups is 1. The molecule has 0 aliphatic carbocycles. The number of fused-ring (bicyclic) bond motifs is 1. The van der Waals surface area contributed by atoms with E-state index in [1.165, 1.54) is 14.8 Å². The van der Waals surface area contributed by atoms with Crippen LogP contribution in [0.3, 0.4) is 0 Å². The van der Waals surface area contributed by atoms with E-state index in [9.17, 15) is 9.59 Å². The number of anilines is 1. The quantitative estimate of drug-likeness (QED) is 0.859. The molecule has 2 aliphatic heterocycles. The lowest BCUT2D eigenvalue weighted by Gasteiger charge is -2.29. The van der Waals surface area contributed by atoms with Crippen LogP contribution in [-0.2, 0) is 4.79 Å². The van der Waals surface area contributed by atoms with Gasteiger partial charge in [0.2, 0.25) is 0 Å². The minimum Gasteiger partial charge on any atom is -0.283 e. The first kappa shape index (κ1) is 13.4. The minimum absolute atomic E-state index is 0.193. The smallest absolute Gasteiger partial charge is 0.283 e. The number of carbonyl (C=O) groups excluding carboxylic acids is 2. The molecule has 1 aromatic rings. The van der Waals surface area contributed by atoms with Crippen LogP contribution in [0.5, 0.6) is 0 Å². The van der Waals surface area contributed by atoms with Crippen molar-refractivity contribution >= 4 is 17.6 Å². The van der Waals surface area contributed by atoms with Crippen molar-refractivity contribution in [2.24, 2.45) is 0 Å². The summed E-state index contributed by atoms with van der Waals surface area (Å²) in [5.41, 5.74) is 4.54. The molecule has 6 heteroatoms. The predicted molar refractivity (Wildman–Crippen MR) is 78.7 cm³/mol. The van der Waals surface area contributed by atoms with Crippen molar-refractivity contribution < 1.29 is 9.59 Å². The van der Waals surface area contributed by atoms with Gasteiger partial charge in [0.05, 0.1) is 6.54 Å². The summed E-state index contributed by atoms with van der Waals surface area (Å²) in [5, 5.41) is 1.41. The van der Waals surface area contributed by atoms with Crippen molar-refractivity contribution in [2.45, 2.75) is 13.1 Å². The van der Waals surface area contributed by atoms with E-state index in [0.717, 1.165) is 11.3 Å². The maximum atomic E-state index is 12.6. The van der Waals surface area contributed by atoms with Gasteiger partial charge in [-0.3, -0.25) is 19.6 Å². The lowest BCUT2D eigenvalue weighted by Crippen LogP contribution is -2.51. The summed E-state index contributed by atoms with van der Waals surface area (Å²) in [7, 11) is 0. The van der Waals surface area contributed by atoms with E-state index in [1.54, 1.807) is 12.4 Å². The van der Waals surface area contributed by atoms with Gasteiger partial charge in [-0.2, -0.15) is 5.43 Å². The van der Waals surface area contributed by atoms with Crippen molar-refractivity contribution in [2.75, 3.05) is 11.4 Å². The number of para-hydroxylation sites is 1. The zero-order valence-electron chi connectivity index (χ0n) is 11.7. The molecule has 1 unspecified atom stereocenters. The molecule has 21 heavy (non-hydrogen) atoms. The van der Waals surface area contributed by atoms with Gasteiger partial charge in [-0.05, 0) is 19.1 Å². The molecule has 0 bridgehead atoms. The van der Waals surface area contributed by atoms with Crippen LogP contribution < -0.4 is 10.3 Å². The monoisotopic (exact) mass is 284 g/mol. The third-order valence-corrected chi connectivity index (χ3v) is 3.32. The standard InChI is InChI=1S/C15H16N4O2/c1-11(2)10-19-15(21)18-9-8-17(14(20)13(18)16-19)12-6-4-3-5-7-12/h3-9,13,16H,1,10H2,2H3. The number of amides is 3. The predicted octanol–water partition coefficient (Wildman–Crippen LogP) is 1.65. The van der Waals surface area contributed by atoms with Gasteiger partial charge in [0.1, 0.15) is 0 Å². The Morgan fingerprint density at radius 2 is 1.95 bits per heavy atom. The third-order valence-electron chi connectivity index (χ3n) is 3.32. The normalized spacial score (nSPS) is 21.0. The number of nitrogens with zero attached hydrogens (tertiary/aromatic N) is 3. The number of hydrogen-bond acceptors (Lipinski definition) is 3. The molecular weight excluding hydrogens is 268 g/mol. The topological polar surface area (TPSA) is 55.9 Å². The number of hydrogen-bond donors (Lipinski definition) is 1. The molecule has 6 nitrogen and oxygen atoms in total. The number of rotatable bonds is 3. The summed E-state index contributed by atoms with van der Waals surface area (Å²) in [6.45, 7) is 5.99. The van der Waals surface area contributed by atoms with Crippen LogP contribution in [-0.4, -0.2) is 34.6 Å². The van der Waals surface area contributed by atoms with Crippen molar-refractivity contribution in [3.63, 3.8) is 0 Å². The summed E-state index contributed by atoms with van der Waals surface area (Å²) in [6.07, 6.45) is 2.52. The number of nitrogens with one attached hydrogen (secondary N) is 1. The van der Waals surface area contributed by atoms with E-state index in [1.807, 2.05) is 37.3 Å². The number of benzene rings is 1. The first-order valence-corrected chi connectivity index (χ1v) is 6.65. The van der Waals surface area contributed by atoms with Crippen LogP contribution >= 0.6 is 0 Å². The van der Waals surface area contributed by atoms with Gasteiger partial charge < -0.3 is 0 Å². The SMILES string of the molecule is C=C(C)CN1NC2C(=O)N(c3ccccc3)C=CN2C1=O. The highest BCUT2D eigenvalue weighted by Crippen LogP contribution is 2.24. The summed E-state index contributed by atoms with van der Waals surface area (Å²) < 4.78 is 0. The highest BCUT2D eigenvalue weighted by molar-refractivity contribution is 6.02. The fourth-order valence-electron chi connectivity index (χ4n) is 2.37. The molecular formula is C15H16N4O2. The van der Waals surface area contributed by atoms with E-state index in [2.05, 4.69) is 12.0 Å². The van der Waals surface area contributed by atoms with Crippen LogP contribution in [0, 0.1) is 0 Å². The van der Waals surface area contributed by atoms with Gasteiger partial charge in [0.15, 0.2) is 6.17 Å². The van der Waals surface area contributed by atoms with Crippen LogP contribution in [0.15, 0.2) is 54.9 Å². The molecule has 1 aromatic carbocycles. The maximum Gasteiger partial charge on any atom is 0.340 e. The first-order valence-electron chi connectivity index (χ1n) is 6.65. The Balaban J connectivity index is 1.85. The molecule has 2 aliphatic rings. The molecule has 0 aromatic heterocycles. The van der Waals surface area contributed by atoms with Crippen LogP contribution in [0.1, 0.15) is 6.92 Å². The fourth-order valence-corrected chi connectivity index (χ4v) is 2.37. The van der Waals surface area contributed by atoms with Crippen LogP contribution in [0.4, 0.5) is 10.5 Å². The summed E-state index contributed by atoms with van der Waals surface area (Å²) >= 11 is 0. The van der Waals surface area contributed by atoms with Crippen molar-refractivity contribution in [1.82, 2.24) is 15.3 Å². The van der Waals surface area contributed by atoms with Gasteiger partial charge in [0.25, 0.3) is 5.91 Å². The molecule has 1 fully saturated rings. The molecule has 0 radical (unpaired) electrons. The highest BCUT2D eigenvalue weighted by Gasteiger charge is 2.44. The summed E-state index contributed by atoms with van der Waals surface area (Å²) in [5.74, 6) is -0.193. The average Bonchev–Trinajstić information content (AvgIpc) is 2.78. The van der Waals surface area contributed by atoms with Gasteiger partial charge in [-0.15, -0.1) is 0 Å². The zero-order valence-corrected chi connectivity index (χ0v) is 11.7. The lowest BCUT2D eigenvalue weighted by molar-refractivity contribution is -0.122. The van der Waals surface area contributed by atoms with Crippen LogP contribution in [0.25, 0.3) is 0 Å². The Kier molecular flexibility index (Phi) is 3.23. The van der Waals surface area contributed by atoms with E-state index in [-0.39, 0.29) is 11.9 Å². The summed E-state index contributed by atoms with van der Waals surface area (Å²) in [4.78, 5) is 27.7. The second-order valence-corrected chi connectivity index (χ2v) is 5.11. The van der Waals surface area contributed by atoms with Crippen molar-refractivity contribution in [3.8, 4) is 0 Å². The van der Waals surface area contributed by atoms with Gasteiger partial charge in [-0.1, -0.05) is 30.4 Å². The van der Waals surface area contributed by atoms with Crippen LogP contribution in [0.2, 0.25) is 0 Å². The molecule has 0 saturated carbocycles. The largest absolute Gasteiger partial charge is 0.340 e. The zero-order chi connectivity index (χ0) is 15.0. The number of hydrazine groups is 1. The van der Waals surface area contributed by atoms with Gasteiger partial charge >= 0.3 is 6.03 Å².